The average Bonchev–Trinajstić information content (AvgIpc) is 2.98. The maximum Gasteiger partial charge on any atom is 0.345 e. The predicted molar refractivity (Wildman–Crippen MR) is 155 cm³/mol. The minimum atomic E-state index is -1.21. The number of hydrogen-bond donors (Lipinski definition) is 1. The van der Waals surface area contributed by atoms with Crippen molar-refractivity contribution < 1.29 is 33.3 Å². The molecule has 4 heterocycles. The number of benzene rings is 1. The molecule has 1 N–H and O–H groups in total. The lowest BCUT2D eigenvalue weighted by Gasteiger charge is -2.67. The number of aromatic nitrogens is 1. The summed E-state index contributed by atoms with van der Waals surface area (Å²) >= 11 is 0. The molecule has 9 nitrogen and oxygen atoms in total. The van der Waals surface area contributed by atoms with Gasteiger partial charge in [0, 0.05) is 47.8 Å². The molecule has 2 saturated carbocycles. The van der Waals surface area contributed by atoms with E-state index in [4.69, 9.17) is 23.4 Å². The Morgan fingerprint density at radius 1 is 1.09 bits per heavy atom. The Bertz CT molecular complexity index is 1590. The van der Waals surface area contributed by atoms with Crippen molar-refractivity contribution >= 4 is 5.97 Å². The van der Waals surface area contributed by atoms with E-state index >= 15 is 0 Å². The molecule has 0 bridgehead atoms. The van der Waals surface area contributed by atoms with E-state index in [-0.39, 0.29) is 29.1 Å². The molecule has 1 aromatic carbocycles. The monoisotopic (exact) mass is 587 g/mol. The van der Waals surface area contributed by atoms with Crippen molar-refractivity contribution in [2.45, 2.75) is 77.2 Å². The van der Waals surface area contributed by atoms with Crippen LogP contribution in [0.3, 0.4) is 0 Å². The molecular formula is C34H37NO8. The molecule has 43 heavy (non-hydrogen) atoms. The zero-order valence-corrected chi connectivity index (χ0v) is 24.8. The molecule has 2 aliphatic heterocycles. The number of hydrogen-bond acceptors (Lipinski definition) is 9. The highest BCUT2D eigenvalue weighted by atomic mass is 16.7. The average molecular weight is 588 g/mol. The first kappa shape index (κ1) is 28.3. The van der Waals surface area contributed by atoms with Crippen LogP contribution >= 0.6 is 0 Å². The zero-order valence-electron chi connectivity index (χ0n) is 24.8. The summed E-state index contributed by atoms with van der Waals surface area (Å²) in [4.78, 5) is 30.1. The Morgan fingerprint density at radius 3 is 2.60 bits per heavy atom. The standard InChI is InChI=1S/C34H37NO8/c1-19(36)40-26-16-24-32(2,13-12-25-33(24,3)18-39-31(42-25)20-9-6-5-7-10-20)29-28(37)27-23(43-34(26,29)4)15-22(41-30(27)38)21-11-8-14-35-17-21/h5-11,14-15,17,24-26,28-29,31,37H,12-13,16,18H2,1-4H3/t24?,25-,26-,28-,29?,31?,32-,33-,34+/m0/s1. The van der Waals surface area contributed by atoms with Gasteiger partial charge in [-0.1, -0.05) is 44.2 Å². The van der Waals surface area contributed by atoms with E-state index in [9.17, 15) is 14.7 Å². The highest BCUT2D eigenvalue weighted by molar-refractivity contribution is 5.66. The van der Waals surface area contributed by atoms with Gasteiger partial charge in [-0.15, -0.1) is 0 Å². The lowest BCUT2D eigenvalue weighted by atomic mass is 9.42. The Balaban J connectivity index is 1.30. The number of esters is 1. The molecule has 3 aromatic rings. The van der Waals surface area contributed by atoms with E-state index in [2.05, 4.69) is 18.8 Å². The first-order valence-corrected chi connectivity index (χ1v) is 15.0. The van der Waals surface area contributed by atoms with Crippen molar-refractivity contribution in [3.05, 3.63) is 82.5 Å². The lowest BCUT2D eigenvalue weighted by molar-refractivity contribution is -0.330. The van der Waals surface area contributed by atoms with Crippen LogP contribution < -0.4 is 10.4 Å². The molecule has 4 aliphatic rings. The van der Waals surface area contributed by atoms with E-state index in [0.717, 1.165) is 18.4 Å². The van der Waals surface area contributed by atoms with Crippen molar-refractivity contribution in [1.82, 2.24) is 4.98 Å². The van der Waals surface area contributed by atoms with Crippen molar-refractivity contribution in [3.63, 3.8) is 0 Å². The van der Waals surface area contributed by atoms with Gasteiger partial charge in [-0.05, 0) is 49.7 Å². The minimum Gasteiger partial charge on any atom is -0.482 e. The third-order valence-corrected chi connectivity index (χ3v) is 10.7. The summed E-state index contributed by atoms with van der Waals surface area (Å²) in [5.74, 6) is -0.561. The van der Waals surface area contributed by atoms with Gasteiger partial charge in [-0.2, -0.15) is 0 Å². The van der Waals surface area contributed by atoms with E-state index in [1.54, 1.807) is 30.6 Å². The van der Waals surface area contributed by atoms with Crippen LogP contribution in [-0.2, 0) is 19.0 Å². The predicted octanol–water partition coefficient (Wildman–Crippen LogP) is 5.37. The highest BCUT2D eigenvalue weighted by Gasteiger charge is 2.71. The van der Waals surface area contributed by atoms with Crippen molar-refractivity contribution in [3.8, 4) is 17.1 Å². The van der Waals surface area contributed by atoms with Crippen molar-refractivity contribution in [2.75, 3.05) is 6.61 Å². The Kier molecular flexibility index (Phi) is 6.57. The highest BCUT2D eigenvalue weighted by Crippen LogP contribution is 2.68. The number of ether oxygens (including phenoxy) is 4. The van der Waals surface area contributed by atoms with Crippen LogP contribution in [0.15, 0.2) is 70.1 Å². The summed E-state index contributed by atoms with van der Waals surface area (Å²) in [6, 6.07) is 15.1. The van der Waals surface area contributed by atoms with Gasteiger partial charge >= 0.3 is 11.6 Å². The molecule has 0 amide bonds. The van der Waals surface area contributed by atoms with Crippen LogP contribution in [0.4, 0.5) is 0 Å². The van der Waals surface area contributed by atoms with E-state index < -0.39 is 52.4 Å². The largest absolute Gasteiger partial charge is 0.482 e. The molecule has 2 aromatic heterocycles. The van der Waals surface area contributed by atoms with Gasteiger partial charge in [0.05, 0.1) is 18.8 Å². The summed E-state index contributed by atoms with van der Waals surface area (Å²) < 4.78 is 31.4. The Hall–Kier alpha value is -3.53. The topological polar surface area (TPSA) is 117 Å². The first-order chi connectivity index (χ1) is 20.5. The summed E-state index contributed by atoms with van der Waals surface area (Å²) in [5.41, 5.74) is -1.05. The third kappa shape index (κ3) is 4.27. The smallest absolute Gasteiger partial charge is 0.345 e. The first-order valence-electron chi connectivity index (χ1n) is 15.0. The molecule has 7 rings (SSSR count). The summed E-state index contributed by atoms with van der Waals surface area (Å²) in [6.45, 7) is 8.06. The number of pyridine rings is 1. The fourth-order valence-electron chi connectivity index (χ4n) is 8.84. The van der Waals surface area contributed by atoms with Crippen LogP contribution in [0.2, 0.25) is 0 Å². The van der Waals surface area contributed by atoms with Gasteiger partial charge in [-0.3, -0.25) is 9.78 Å². The molecule has 1 saturated heterocycles. The van der Waals surface area contributed by atoms with Gasteiger partial charge in [0.25, 0.3) is 0 Å². The Morgan fingerprint density at radius 2 is 1.88 bits per heavy atom. The fourth-order valence-corrected chi connectivity index (χ4v) is 8.84. The minimum absolute atomic E-state index is 0.0700. The number of rotatable bonds is 3. The molecule has 9 heteroatoms. The summed E-state index contributed by atoms with van der Waals surface area (Å²) in [7, 11) is 0. The maximum atomic E-state index is 13.5. The van der Waals surface area contributed by atoms with Crippen LogP contribution in [0.1, 0.15) is 70.5 Å². The summed E-state index contributed by atoms with van der Waals surface area (Å²) in [5, 5.41) is 12.1. The number of nitrogens with zero attached hydrogens (tertiary/aromatic N) is 1. The van der Waals surface area contributed by atoms with Crippen molar-refractivity contribution in [1.29, 1.82) is 0 Å². The number of fused-ring (bicyclic) bond motifs is 6. The molecular weight excluding hydrogens is 550 g/mol. The van der Waals surface area contributed by atoms with E-state index in [1.807, 2.05) is 37.3 Å². The van der Waals surface area contributed by atoms with Crippen LogP contribution in [0.5, 0.6) is 5.75 Å². The molecule has 3 fully saturated rings. The lowest BCUT2D eigenvalue weighted by Crippen LogP contribution is -2.71. The van der Waals surface area contributed by atoms with Gasteiger partial charge < -0.3 is 28.5 Å². The second kappa shape index (κ2) is 10.0. The van der Waals surface area contributed by atoms with Crippen LogP contribution in [-0.4, -0.2) is 40.5 Å². The van der Waals surface area contributed by atoms with Gasteiger partial charge in [0.1, 0.15) is 28.8 Å². The molecule has 226 valence electrons. The number of carbonyl (C=O) groups is 1. The third-order valence-electron chi connectivity index (χ3n) is 10.7. The maximum absolute atomic E-state index is 13.5. The second-order valence-electron chi connectivity index (χ2n) is 13.2. The number of carbonyl (C=O) groups excluding carboxylic acids is 1. The normalized spacial score (nSPS) is 38.0. The molecule has 3 unspecified atom stereocenters. The summed E-state index contributed by atoms with van der Waals surface area (Å²) in [6.07, 6.45) is 2.73. The van der Waals surface area contributed by atoms with Gasteiger partial charge in [-0.25, -0.2) is 4.79 Å². The van der Waals surface area contributed by atoms with Crippen molar-refractivity contribution in [2.24, 2.45) is 22.7 Å². The van der Waals surface area contributed by atoms with Crippen LogP contribution in [0.25, 0.3) is 11.3 Å². The quantitative estimate of drug-likeness (QED) is 0.403. The molecule has 2 aliphatic carbocycles. The molecule has 0 spiro atoms. The van der Waals surface area contributed by atoms with Gasteiger partial charge in [0.15, 0.2) is 6.29 Å². The second-order valence-corrected chi connectivity index (χ2v) is 13.2. The number of aliphatic hydroxyl groups excluding tert-OH is 1. The fraction of sp³-hybridized carbons (Fsp3) is 0.500. The Labute approximate surface area is 250 Å². The zero-order chi connectivity index (χ0) is 30.1. The number of aliphatic hydroxyl groups is 1. The van der Waals surface area contributed by atoms with E-state index in [1.165, 1.54) is 6.92 Å². The van der Waals surface area contributed by atoms with E-state index in [0.29, 0.717) is 18.6 Å². The SMILES string of the molecule is CC(=O)O[C@H]1CC2[C@](C)(CC[C@@H]3OC(c4ccccc4)OC[C@@]23C)C2[C@@H](O)c3c(cc(-c4cccnc4)oc3=O)O[C@@]21C. The van der Waals surface area contributed by atoms with Crippen LogP contribution in [0, 0.1) is 22.7 Å². The van der Waals surface area contributed by atoms with Gasteiger partial charge in [0.2, 0.25) is 0 Å². The molecule has 0 radical (unpaired) electrons. The molecule has 9 atom stereocenters.